The van der Waals surface area contributed by atoms with E-state index in [1.807, 2.05) is 20.8 Å². The minimum absolute atomic E-state index is 0.208. The van der Waals surface area contributed by atoms with Gasteiger partial charge in [0.15, 0.2) is 0 Å². The van der Waals surface area contributed by atoms with Crippen LogP contribution < -0.4 is 5.32 Å². The zero-order valence-corrected chi connectivity index (χ0v) is 7.52. The summed E-state index contributed by atoms with van der Waals surface area (Å²) in [4.78, 5) is 10.8. The van der Waals surface area contributed by atoms with Gasteiger partial charge < -0.3 is 10.1 Å². The van der Waals surface area contributed by atoms with Gasteiger partial charge in [0.05, 0.1) is 6.61 Å². The van der Waals surface area contributed by atoms with Gasteiger partial charge in [-0.15, -0.1) is 0 Å². The Labute approximate surface area is 68.1 Å². The van der Waals surface area contributed by atoms with E-state index in [4.69, 9.17) is 4.74 Å². The third-order valence-corrected chi connectivity index (χ3v) is 1.41. The lowest BCUT2D eigenvalue weighted by molar-refractivity contribution is 0.143. The molecule has 0 aromatic carbocycles. The van der Waals surface area contributed by atoms with Gasteiger partial charge in [-0.2, -0.15) is 0 Å². The zero-order chi connectivity index (χ0) is 8.69. The number of hydrogen-bond donors (Lipinski definition) is 1. The Morgan fingerprint density at radius 3 is 2.64 bits per heavy atom. The fourth-order valence-electron chi connectivity index (χ4n) is 0.540. The van der Waals surface area contributed by atoms with E-state index < -0.39 is 0 Å². The maximum absolute atomic E-state index is 10.8. The molecule has 0 heterocycles. The predicted molar refractivity (Wildman–Crippen MR) is 44.5 cm³/mol. The summed E-state index contributed by atoms with van der Waals surface area (Å²) in [5.74, 6) is 0. The normalized spacial score (nSPS) is 12.3. The van der Waals surface area contributed by atoms with Crippen LogP contribution in [0.25, 0.3) is 0 Å². The van der Waals surface area contributed by atoms with E-state index in [1.54, 1.807) is 0 Å². The van der Waals surface area contributed by atoms with Crippen molar-refractivity contribution in [2.24, 2.45) is 0 Å². The number of nitrogens with one attached hydrogen (secondary N) is 1. The molecule has 0 fully saturated rings. The molecule has 0 saturated heterocycles. The second kappa shape index (κ2) is 6.01. The number of ether oxygens (including phenoxy) is 1. The molecule has 11 heavy (non-hydrogen) atoms. The highest BCUT2D eigenvalue weighted by atomic mass is 16.5. The third kappa shape index (κ3) is 5.70. The first kappa shape index (κ1) is 10.3. The standard InChI is InChI=1S/C8H17NO2/c1-4-6-11-8(10)9-7(3)5-2/h7H,4-6H2,1-3H3,(H,9,10). The Morgan fingerprint density at radius 2 is 2.18 bits per heavy atom. The van der Waals surface area contributed by atoms with Gasteiger partial charge in [-0.05, 0) is 19.8 Å². The maximum Gasteiger partial charge on any atom is 0.407 e. The molecule has 0 saturated carbocycles. The summed E-state index contributed by atoms with van der Waals surface area (Å²) in [5, 5.41) is 2.70. The second-order valence-corrected chi connectivity index (χ2v) is 2.59. The van der Waals surface area contributed by atoms with Crippen LogP contribution >= 0.6 is 0 Å². The van der Waals surface area contributed by atoms with Crippen LogP contribution in [0.2, 0.25) is 0 Å². The third-order valence-electron chi connectivity index (χ3n) is 1.41. The molecule has 0 aromatic rings. The van der Waals surface area contributed by atoms with Crippen molar-refractivity contribution in [3.63, 3.8) is 0 Å². The molecular weight excluding hydrogens is 142 g/mol. The van der Waals surface area contributed by atoms with Crippen LogP contribution in [0.3, 0.4) is 0 Å². The van der Waals surface area contributed by atoms with E-state index in [0.717, 1.165) is 12.8 Å². The van der Waals surface area contributed by atoms with Gasteiger partial charge in [0.25, 0.3) is 0 Å². The number of rotatable bonds is 4. The van der Waals surface area contributed by atoms with Crippen molar-refractivity contribution >= 4 is 6.09 Å². The molecule has 0 aliphatic rings. The summed E-state index contributed by atoms with van der Waals surface area (Å²) in [5.41, 5.74) is 0. The lowest BCUT2D eigenvalue weighted by Crippen LogP contribution is -2.32. The van der Waals surface area contributed by atoms with Gasteiger partial charge in [0, 0.05) is 6.04 Å². The number of alkyl carbamates (subject to hydrolysis) is 1. The van der Waals surface area contributed by atoms with Gasteiger partial charge in [0.1, 0.15) is 0 Å². The molecule has 3 nitrogen and oxygen atoms in total. The van der Waals surface area contributed by atoms with Gasteiger partial charge in [-0.3, -0.25) is 0 Å². The number of hydrogen-bond acceptors (Lipinski definition) is 2. The summed E-state index contributed by atoms with van der Waals surface area (Å²) >= 11 is 0. The lowest BCUT2D eigenvalue weighted by atomic mass is 10.3. The van der Waals surface area contributed by atoms with Gasteiger partial charge in [-0.25, -0.2) is 4.79 Å². The van der Waals surface area contributed by atoms with Crippen molar-refractivity contribution in [3.05, 3.63) is 0 Å². The van der Waals surface area contributed by atoms with E-state index in [2.05, 4.69) is 5.32 Å². The molecular formula is C8H17NO2. The van der Waals surface area contributed by atoms with Crippen LogP contribution in [0.15, 0.2) is 0 Å². The average Bonchev–Trinajstić information content (AvgIpc) is 2.00. The fourth-order valence-corrected chi connectivity index (χ4v) is 0.540. The Hall–Kier alpha value is -0.730. The molecule has 0 radical (unpaired) electrons. The molecule has 0 aliphatic heterocycles. The highest BCUT2D eigenvalue weighted by Crippen LogP contribution is 1.89. The summed E-state index contributed by atoms with van der Waals surface area (Å²) in [7, 11) is 0. The van der Waals surface area contributed by atoms with E-state index in [0.29, 0.717) is 6.61 Å². The van der Waals surface area contributed by atoms with Crippen LogP contribution in [0, 0.1) is 0 Å². The van der Waals surface area contributed by atoms with E-state index in [-0.39, 0.29) is 12.1 Å². The van der Waals surface area contributed by atoms with Gasteiger partial charge >= 0.3 is 6.09 Å². The van der Waals surface area contributed by atoms with Crippen LogP contribution in [0.1, 0.15) is 33.6 Å². The molecule has 1 unspecified atom stereocenters. The molecule has 0 bridgehead atoms. The van der Waals surface area contributed by atoms with E-state index >= 15 is 0 Å². The minimum atomic E-state index is -0.304. The summed E-state index contributed by atoms with van der Waals surface area (Å²) in [6.07, 6.45) is 1.50. The quantitative estimate of drug-likeness (QED) is 0.680. The Bertz CT molecular complexity index is 115. The molecule has 1 amide bonds. The first-order chi connectivity index (χ1) is 5.20. The maximum atomic E-state index is 10.8. The van der Waals surface area contributed by atoms with Crippen molar-refractivity contribution < 1.29 is 9.53 Å². The molecule has 1 N–H and O–H groups in total. The Balaban J connectivity index is 3.36. The monoisotopic (exact) mass is 159 g/mol. The summed E-state index contributed by atoms with van der Waals surface area (Å²) < 4.78 is 4.81. The van der Waals surface area contributed by atoms with Crippen LogP contribution in [-0.2, 0) is 4.74 Å². The van der Waals surface area contributed by atoms with Crippen LogP contribution in [0.4, 0.5) is 4.79 Å². The van der Waals surface area contributed by atoms with Crippen molar-refractivity contribution in [2.45, 2.75) is 39.7 Å². The smallest absolute Gasteiger partial charge is 0.407 e. The van der Waals surface area contributed by atoms with E-state index in [9.17, 15) is 4.79 Å². The summed E-state index contributed by atoms with van der Waals surface area (Å²) in [6, 6.07) is 0.208. The van der Waals surface area contributed by atoms with Crippen molar-refractivity contribution in [1.82, 2.24) is 5.32 Å². The zero-order valence-electron chi connectivity index (χ0n) is 7.52. The minimum Gasteiger partial charge on any atom is -0.450 e. The van der Waals surface area contributed by atoms with Gasteiger partial charge in [0.2, 0.25) is 0 Å². The molecule has 0 aliphatic carbocycles. The summed E-state index contributed by atoms with van der Waals surface area (Å²) in [6.45, 7) is 6.44. The van der Waals surface area contributed by atoms with Gasteiger partial charge in [-0.1, -0.05) is 13.8 Å². The Kier molecular flexibility index (Phi) is 5.61. The lowest BCUT2D eigenvalue weighted by Gasteiger charge is -2.10. The molecule has 0 aromatic heterocycles. The van der Waals surface area contributed by atoms with E-state index in [1.165, 1.54) is 0 Å². The fraction of sp³-hybridized carbons (Fsp3) is 0.875. The van der Waals surface area contributed by atoms with Crippen molar-refractivity contribution in [3.8, 4) is 0 Å². The second-order valence-electron chi connectivity index (χ2n) is 2.59. The largest absolute Gasteiger partial charge is 0.450 e. The van der Waals surface area contributed by atoms with Crippen LogP contribution in [0.5, 0.6) is 0 Å². The molecule has 1 atom stereocenters. The molecule has 66 valence electrons. The highest BCUT2D eigenvalue weighted by Gasteiger charge is 2.04. The first-order valence-corrected chi connectivity index (χ1v) is 4.14. The average molecular weight is 159 g/mol. The molecule has 0 spiro atoms. The first-order valence-electron chi connectivity index (χ1n) is 4.14. The number of carbonyl (C=O) groups excluding carboxylic acids is 1. The van der Waals surface area contributed by atoms with Crippen molar-refractivity contribution in [2.75, 3.05) is 6.61 Å². The predicted octanol–water partition coefficient (Wildman–Crippen LogP) is 1.92. The van der Waals surface area contributed by atoms with Crippen molar-refractivity contribution in [1.29, 1.82) is 0 Å². The molecule has 0 rings (SSSR count). The van der Waals surface area contributed by atoms with Crippen LogP contribution in [-0.4, -0.2) is 18.7 Å². The molecule has 3 heteroatoms. The number of carbonyl (C=O) groups is 1. The Morgan fingerprint density at radius 1 is 1.55 bits per heavy atom. The highest BCUT2D eigenvalue weighted by molar-refractivity contribution is 5.67. The number of amides is 1. The SMILES string of the molecule is CCCOC(=O)NC(C)CC. The topological polar surface area (TPSA) is 38.3 Å².